The molecule has 2 aromatic rings. The number of rotatable bonds is 3. The lowest BCUT2D eigenvalue weighted by Gasteiger charge is -2.16. The third-order valence-electron chi connectivity index (χ3n) is 3.27. The van der Waals surface area contributed by atoms with Crippen LogP contribution in [0.15, 0.2) is 35.1 Å². The maximum Gasteiger partial charge on any atom is 0.342 e. The maximum atomic E-state index is 12.5. The molecule has 0 saturated heterocycles. The molecule has 0 radical (unpaired) electrons. The molecular weight excluding hydrogens is 282 g/mol. The number of aromatic nitrogens is 1. The summed E-state index contributed by atoms with van der Waals surface area (Å²) in [5.74, 6) is -0.690. The van der Waals surface area contributed by atoms with Crippen molar-refractivity contribution in [3.63, 3.8) is 0 Å². The molecule has 6 heteroatoms. The first-order valence-electron chi connectivity index (χ1n) is 6.70. The first-order valence-corrected chi connectivity index (χ1v) is 6.70. The lowest BCUT2D eigenvalue weighted by molar-refractivity contribution is 0.0526. The molecule has 0 aliphatic carbocycles. The Morgan fingerprint density at radius 2 is 2.00 bits per heavy atom. The average molecular weight is 297 g/mol. The minimum Gasteiger partial charge on any atom is -0.462 e. The number of nitrogens with zero attached hydrogens (tertiary/aromatic N) is 2. The Morgan fingerprint density at radius 3 is 2.55 bits per heavy atom. The fourth-order valence-corrected chi connectivity index (χ4v) is 2.24. The van der Waals surface area contributed by atoms with Crippen molar-refractivity contribution in [1.29, 1.82) is 5.26 Å². The molecule has 1 aromatic carbocycles. The Morgan fingerprint density at radius 1 is 1.36 bits per heavy atom. The normalized spacial score (nSPS) is 10.0. The summed E-state index contributed by atoms with van der Waals surface area (Å²) in [7, 11) is 0. The summed E-state index contributed by atoms with van der Waals surface area (Å²) in [6.45, 7) is 3.35. The monoisotopic (exact) mass is 297 g/mol. The summed E-state index contributed by atoms with van der Waals surface area (Å²) in [5.41, 5.74) is 6.10. The van der Waals surface area contributed by atoms with Crippen molar-refractivity contribution in [2.24, 2.45) is 0 Å². The summed E-state index contributed by atoms with van der Waals surface area (Å²) < 4.78 is 6.13. The predicted molar refractivity (Wildman–Crippen MR) is 81.9 cm³/mol. The van der Waals surface area contributed by atoms with Crippen molar-refractivity contribution >= 4 is 11.8 Å². The van der Waals surface area contributed by atoms with Crippen molar-refractivity contribution in [3.05, 3.63) is 57.4 Å². The highest BCUT2D eigenvalue weighted by atomic mass is 16.5. The molecule has 0 amide bonds. The number of nitriles is 1. The largest absolute Gasteiger partial charge is 0.462 e. The molecule has 0 bridgehead atoms. The second kappa shape index (κ2) is 6.14. The van der Waals surface area contributed by atoms with Gasteiger partial charge in [-0.1, -0.05) is 18.2 Å². The van der Waals surface area contributed by atoms with Crippen molar-refractivity contribution in [1.82, 2.24) is 4.57 Å². The van der Waals surface area contributed by atoms with Gasteiger partial charge in [0.25, 0.3) is 5.56 Å². The quantitative estimate of drug-likeness (QED) is 0.871. The Kier molecular flexibility index (Phi) is 4.28. The molecule has 0 aliphatic rings. The Bertz CT molecular complexity index is 817. The van der Waals surface area contributed by atoms with Gasteiger partial charge in [0.2, 0.25) is 0 Å². The van der Waals surface area contributed by atoms with Gasteiger partial charge in [0.15, 0.2) is 0 Å². The van der Waals surface area contributed by atoms with E-state index in [9.17, 15) is 14.9 Å². The number of pyridine rings is 1. The molecule has 0 unspecified atom stereocenters. The zero-order valence-electron chi connectivity index (χ0n) is 12.3. The summed E-state index contributed by atoms with van der Waals surface area (Å²) in [5, 5.41) is 9.24. The van der Waals surface area contributed by atoms with E-state index in [1.807, 2.05) is 6.07 Å². The standard InChI is InChI=1S/C16H15N3O3/c1-3-22-16(21)13-10(2)12(9-17)15(20)19(14(13)18)11-7-5-4-6-8-11/h4-8H,3,18H2,1-2H3. The molecule has 1 heterocycles. The van der Waals surface area contributed by atoms with Gasteiger partial charge >= 0.3 is 5.97 Å². The number of esters is 1. The van der Waals surface area contributed by atoms with Crippen LogP contribution in [0.5, 0.6) is 0 Å². The number of nitrogens with two attached hydrogens (primary N) is 1. The smallest absolute Gasteiger partial charge is 0.342 e. The molecule has 112 valence electrons. The molecule has 1 aromatic heterocycles. The van der Waals surface area contributed by atoms with E-state index in [4.69, 9.17) is 10.5 Å². The van der Waals surface area contributed by atoms with E-state index in [1.54, 1.807) is 37.3 Å². The molecule has 2 N–H and O–H groups in total. The van der Waals surface area contributed by atoms with Crippen LogP contribution in [-0.4, -0.2) is 17.1 Å². The van der Waals surface area contributed by atoms with Gasteiger partial charge in [0.1, 0.15) is 23.0 Å². The first kappa shape index (κ1) is 15.3. The molecular formula is C16H15N3O3. The number of hydrogen-bond donors (Lipinski definition) is 1. The van der Waals surface area contributed by atoms with E-state index >= 15 is 0 Å². The maximum absolute atomic E-state index is 12.5. The van der Waals surface area contributed by atoms with E-state index in [1.165, 1.54) is 6.92 Å². The van der Waals surface area contributed by atoms with Crippen LogP contribution in [0.2, 0.25) is 0 Å². The van der Waals surface area contributed by atoms with Crippen LogP contribution < -0.4 is 11.3 Å². The highest BCUT2D eigenvalue weighted by molar-refractivity contribution is 5.96. The number of benzene rings is 1. The van der Waals surface area contributed by atoms with Gasteiger partial charge in [-0.3, -0.25) is 9.36 Å². The molecule has 0 saturated carbocycles. The lowest BCUT2D eigenvalue weighted by atomic mass is 10.0. The number of carbonyl (C=O) groups excluding carboxylic acids is 1. The summed E-state index contributed by atoms with van der Waals surface area (Å²) in [4.78, 5) is 24.6. The summed E-state index contributed by atoms with van der Waals surface area (Å²) in [6, 6.07) is 10.4. The van der Waals surface area contributed by atoms with Gasteiger partial charge in [-0.2, -0.15) is 5.26 Å². The zero-order chi connectivity index (χ0) is 16.3. The van der Waals surface area contributed by atoms with Crippen LogP contribution in [0.4, 0.5) is 5.82 Å². The van der Waals surface area contributed by atoms with Crippen molar-refractivity contribution in [3.8, 4) is 11.8 Å². The van der Waals surface area contributed by atoms with E-state index in [-0.39, 0.29) is 29.1 Å². The average Bonchev–Trinajstić information content (AvgIpc) is 2.49. The van der Waals surface area contributed by atoms with Crippen LogP contribution >= 0.6 is 0 Å². The van der Waals surface area contributed by atoms with Gasteiger partial charge in [-0.15, -0.1) is 0 Å². The number of hydrogen-bond acceptors (Lipinski definition) is 5. The number of anilines is 1. The Balaban J connectivity index is 2.86. The molecule has 0 aliphatic heterocycles. The Labute approximate surface area is 127 Å². The number of para-hydroxylation sites is 1. The van der Waals surface area contributed by atoms with Gasteiger partial charge in [-0.25, -0.2) is 4.79 Å². The third kappa shape index (κ3) is 2.44. The second-order valence-electron chi connectivity index (χ2n) is 4.57. The highest BCUT2D eigenvalue weighted by Gasteiger charge is 2.24. The van der Waals surface area contributed by atoms with E-state index < -0.39 is 11.5 Å². The lowest BCUT2D eigenvalue weighted by Crippen LogP contribution is -2.28. The van der Waals surface area contributed by atoms with Crippen LogP contribution in [0, 0.1) is 18.3 Å². The number of ether oxygens (including phenoxy) is 1. The van der Waals surface area contributed by atoms with E-state index in [2.05, 4.69) is 0 Å². The van der Waals surface area contributed by atoms with Crippen LogP contribution in [0.25, 0.3) is 5.69 Å². The topological polar surface area (TPSA) is 98.1 Å². The molecule has 0 fully saturated rings. The van der Waals surface area contributed by atoms with Crippen molar-refractivity contribution in [2.75, 3.05) is 12.3 Å². The highest BCUT2D eigenvalue weighted by Crippen LogP contribution is 2.22. The SMILES string of the molecule is CCOC(=O)c1c(C)c(C#N)c(=O)n(-c2ccccc2)c1N. The van der Waals surface area contributed by atoms with Gasteiger partial charge in [0.05, 0.1) is 12.3 Å². The third-order valence-corrected chi connectivity index (χ3v) is 3.27. The minimum atomic E-state index is -0.654. The minimum absolute atomic E-state index is 0.0360. The van der Waals surface area contributed by atoms with Crippen molar-refractivity contribution < 1.29 is 9.53 Å². The molecule has 0 atom stereocenters. The number of nitrogen functional groups attached to an aromatic ring is 1. The van der Waals surface area contributed by atoms with E-state index in [0.29, 0.717) is 5.69 Å². The fraction of sp³-hybridized carbons (Fsp3) is 0.188. The molecule has 6 nitrogen and oxygen atoms in total. The number of carbonyl (C=O) groups is 1. The van der Waals surface area contributed by atoms with Gasteiger partial charge < -0.3 is 10.5 Å². The molecule has 0 spiro atoms. The van der Waals surface area contributed by atoms with Gasteiger partial charge in [0, 0.05) is 0 Å². The first-order chi connectivity index (χ1) is 10.5. The van der Waals surface area contributed by atoms with Crippen molar-refractivity contribution in [2.45, 2.75) is 13.8 Å². The van der Waals surface area contributed by atoms with Gasteiger partial charge in [-0.05, 0) is 31.5 Å². The fourth-order valence-electron chi connectivity index (χ4n) is 2.24. The predicted octanol–water partition coefficient (Wildman–Crippen LogP) is 1.78. The molecule has 2 rings (SSSR count). The zero-order valence-corrected chi connectivity index (χ0v) is 12.3. The second-order valence-corrected chi connectivity index (χ2v) is 4.57. The molecule has 22 heavy (non-hydrogen) atoms. The van der Waals surface area contributed by atoms with E-state index in [0.717, 1.165) is 4.57 Å². The summed E-state index contributed by atoms with van der Waals surface area (Å²) in [6.07, 6.45) is 0. The van der Waals surface area contributed by atoms with Crippen LogP contribution in [-0.2, 0) is 4.74 Å². The van der Waals surface area contributed by atoms with Crippen LogP contribution in [0.3, 0.4) is 0 Å². The Hall–Kier alpha value is -3.07. The summed E-state index contributed by atoms with van der Waals surface area (Å²) >= 11 is 0. The van der Waals surface area contributed by atoms with Crippen LogP contribution in [0.1, 0.15) is 28.4 Å².